The Bertz CT molecular complexity index is 287. The molecule has 1 aliphatic heterocycles. The molecule has 1 fully saturated rings. The minimum atomic E-state index is 0.0718. The minimum Gasteiger partial charge on any atom is -0.326 e. The second-order valence-electron chi connectivity index (χ2n) is 3.22. The second kappa shape index (κ2) is 7.04. The van der Waals surface area contributed by atoms with E-state index in [1.165, 1.54) is 0 Å². The van der Waals surface area contributed by atoms with Gasteiger partial charge < -0.3 is 5.32 Å². The molecule has 0 unspecified atom stereocenters. The van der Waals surface area contributed by atoms with Crippen molar-refractivity contribution in [1.82, 2.24) is 5.32 Å². The van der Waals surface area contributed by atoms with E-state index in [0.717, 1.165) is 29.7 Å². The summed E-state index contributed by atoms with van der Waals surface area (Å²) in [7, 11) is 0. The summed E-state index contributed by atoms with van der Waals surface area (Å²) < 4.78 is 0. The zero-order chi connectivity index (χ0) is 11.8. The predicted molar refractivity (Wildman–Crippen MR) is 65.4 cm³/mol. The zero-order valence-corrected chi connectivity index (χ0v) is 10.0. The molecule has 0 aliphatic carbocycles. The maximum atomic E-state index is 11.1. The van der Waals surface area contributed by atoms with Gasteiger partial charge in [-0.1, -0.05) is 39.5 Å². The first-order valence-electron chi connectivity index (χ1n) is 5.51. The van der Waals surface area contributed by atoms with Gasteiger partial charge in [-0.15, -0.1) is 0 Å². The average molecular weight is 207 g/mol. The van der Waals surface area contributed by atoms with E-state index >= 15 is 0 Å². The van der Waals surface area contributed by atoms with Crippen LogP contribution in [0.4, 0.5) is 0 Å². The lowest BCUT2D eigenvalue weighted by atomic mass is 10.0. The number of piperidine rings is 1. The van der Waals surface area contributed by atoms with Crippen LogP contribution in [0.25, 0.3) is 0 Å². The van der Waals surface area contributed by atoms with Gasteiger partial charge in [-0.2, -0.15) is 0 Å². The average Bonchev–Trinajstić information content (AvgIpc) is 2.26. The number of amides is 1. The Labute approximate surface area is 92.8 Å². The van der Waals surface area contributed by atoms with Gasteiger partial charge in [0, 0.05) is 12.1 Å². The maximum absolute atomic E-state index is 11.1. The molecule has 2 nitrogen and oxygen atoms in total. The SMILES string of the molecule is C=C(/C=C1/NC(=O)CCC1=C)CC.CC. The molecule has 0 bridgehead atoms. The maximum Gasteiger partial charge on any atom is 0.224 e. The molecule has 1 amide bonds. The lowest BCUT2D eigenvalue weighted by molar-refractivity contribution is -0.120. The molecular formula is C13H21NO. The summed E-state index contributed by atoms with van der Waals surface area (Å²) in [4.78, 5) is 11.1. The van der Waals surface area contributed by atoms with Gasteiger partial charge in [-0.3, -0.25) is 4.79 Å². The monoisotopic (exact) mass is 207 g/mol. The van der Waals surface area contributed by atoms with E-state index in [1.54, 1.807) is 0 Å². The zero-order valence-electron chi connectivity index (χ0n) is 10.0. The summed E-state index contributed by atoms with van der Waals surface area (Å²) in [6.07, 6.45) is 4.11. The standard InChI is InChI=1S/C11H15NO.C2H6/c1-4-8(2)7-10-9(3)5-6-11(13)12-10;1-2/h7H,2-6H2,1H3,(H,12,13);1-2H3/b10-7+;. The first kappa shape index (κ1) is 13.7. The molecule has 1 heterocycles. The topological polar surface area (TPSA) is 29.1 Å². The van der Waals surface area contributed by atoms with E-state index in [2.05, 4.69) is 18.5 Å². The number of allylic oxidation sites excluding steroid dienone is 3. The van der Waals surface area contributed by atoms with Crippen LogP contribution < -0.4 is 5.32 Å². The van der Waals surface area contributed by atoms with Gasteiger partial charge in [0.05, 0.1) is 0 Å². The highest BCUT2D eigenvalue weighted by atomic mass is 16.1. The van der Waals surface area contributed by atoms with Crippen molar-refractivity contribution in [3.8, 4) is 0 Å². The third-order valence-electron chi connectivity index (χ3n) is 2.11. The summed E-state index contributed by atoms with van der Waals surface area (Å²) in [6.45, 7) is 13.8. The van der Waals surface area contributed by atoms with Crippen molar-refractivity contribution in [2.24, 2.45) is 0 Å². The molecule has 1 rings (SSSR count). The molecule has 1 aliphatic rings. The number of hydrogen-bond donors (Lipinski definition) is 1. The third-order valence-corrected chi connectivity index (χ3v) is 2.11. The smallest absolute Gasteiger partial charge is 0.224 e. The van der Waals surface area contributed by atoms with Crippen LogP contribution >= 0.6 is 0 Å². The van der Waals surface area contributed by atoms with E-state index in [0.29, 0.717) is 6.42 Å². The lowest BCUT2D eigenvalue weighted by Gasteiger charge is -2.18. The Hall–Kier alpha value is -1.31. The molecule has 0 aromatic heterocycles. The fraction of sp³-hybridized carbons (Fsp3) is 0.462. The molecule has 1 saturated heterocycles. The van der Waals surface area contributed by atoms with Crippen LogP contribution in [0.3, 0.4) is 0 Å². The van der Waals surface area contributed by atoms with E-state index in [-0.39, 0.29) is 5.91 Å². The van der Waals surface area contributed by atoms with E-state index in [9.17, 15) is 4.79 Å². The van der Waals surface area contributed by atoms with Crippen molar-refractivity contribution >= 4 is 5.91 Å². The number of rotatable bonds is 2. The van der Waals surface area contributed by atoms with Crippen LogP contribution in [-0.2, 0) is 4.79 Å². The van der Waals surface area contributed by atoms with Crippen molar-refractivity contribution in [3.05, 3.63) is 36.1 Å². The molecule has 0 saturated carbocycles. The van der Waals surface area contributed by atoms with Crippen LogP contribution in [0.1, 0.15) is 40.0 Å². The highest BCUT2D eigenvalue weighted by Crippen LogP contribution is 2.18. The van der Waals surface area contributed by atoms with Crippen LogP contribution in [-0.4, -0.2) is 5.91 Å². The van der Waals surface area contributed by atoms with Gasteiger partial charge >= 0.3 is 0 Å². The third kappa shape index (κ3) is 4.63. The quantitative estimate of drug-likeness (QED) is 0.739. The van der Waals surface area contributed by atoms with Gasteiger partial charge in [0.2, 0.25) is 5.91 Å². The number of nitrogens with one attached hydrogen (secondary N) is 1. The number of carbonyl (C=O) groups excluding carboxylic acids is 1. The highest BCUT2D eigenvalue weighted by Gasteiger charge is 2.14. The van der Waals surface area contributed by atoms with Gasteiger partial charge in [0.1, 0.15) is 0 Å². The summed E-state index contributed by atoms with van der Waals surface area (Å²) in [5.41, 5.74) is 2.84. The molecule has 0 aromatic rings. The van der Waals surface area contributed by atoms with E-state index in [1.807, 2.05) is 26.8 Å². The predicted octanol–water partition coefficient (Wildman–Crippen LogP) is 3.33. The summed E-state index contributed by atoms with van der Waals surface area (Å²) in [5, 5.41) is 2.79. The van der Waals surface area contributed by atoms with Crippen LogP contribution in [0.15, 0.2) is 36.1 Å². The van der Waals surface area contributed by atoms with Crippen LogP contribution in [0.2, 0.25) is 0 Å². The van der Waals surface area contributed by atoms with Crippen molar-refractivity contribution < 1.29 is 4.79 Å². The van der Waals surface area contributed by atoms with E-state index in [4.69, 9.17) is 0 Å². The molecule has 15 heavy (non-hydrogen) atoms. The molecule has 0 spiro atoms. The molecule has 0 aromatic carbocycles. The molecule has 84 valence electrons. The van der Waals surface area contributed by atoms with Crippen molar-refractivity contribution in [2.75, 3.05) is 0 Å². The van der Waals surface area contributed by atoms with Crippen LogP contribution in [0, 0.1) is 0 Å². The van der Waals surface area contributed by atoms with E-state index < -0.39 is 0 Å². The lowest BCUT2D eigenvalue weighted by Crippen LogP contribution is -2.28. The Morgan fingerprint density at radius 3 is 2.60 bits per heavy atom. The highest BCUT2D eigenvalue weighted by molar-refractivity contribution is 5.81. The van der Waals surface area contributed by atoms with Crippen LogP contribution in [0.5, 0.6) is 0 Å². The van der Waals surface area contributed by atoms with Crippen molar-refractivity contribution in [1.29, 1.82) is 0 Å². The largest absolute Gasteiger partial charge is 0.326 e. The number of carbonyl (C=O) groups is 1. The second-order valence-corrected chi connectivity index (χ2v) is 3.22. The fourth-order valence-electron chi connectivity index (χ4n) is 1.14. The molecule has 0 radical (unpaired) electrons. The first-order chi connectivity index (χ1) is 7.13. The van der Waals surface area contributed by atoms with Gasteiger partial charge in [0.25, 0.3) is 0 Å². The first-order valence-corrected chi connectivity index (χ1v) is 5.51. The fourth-order valence-corrected chi connectivity index (χ4v) is 1.14. The Kier molecular flexibility index (Phi) is 6.43. The minimum absolute atomic E-state index is 0.0718. The molecule has 0 atom stereocenters. The number of hydrogen-bond acceptors (Lipinski definition) is 1. The summed E-state index contributed by atoms with van der Waals surface area (Å²) in [5.74, 6) is 0.0718. The van der Waals surface area contributed by atoms with Gasteiger partial charge in [0.15, 0.2) is 0 Å². The molecular weight excluding hydrogens is 186 g/mol. The Morgan fingerprint density at radius 1 is 1.47 bits per heavy atom. The van der Waals surface area contributed by atoms with Crippen molar-refractivity contribution in [2.45, 2.75) is 40.0 Å². The summed E-state index contributed by atoms with van der Waals surface area (Å²) in [6, 6.07) is 0. The normalized spacial score (nSPS) is 17.9. The Morgan fingerprint density at radius 2 is 2.07 bits per heavy atom. The van der Waals surface area contributed by atoms with Gasteiger partial charge in [-0.25, -0.2) is 0 Å². The molecule has 2 heteroatoms. The molecule has 1 N–H and O–H groups in total. The Balaban J connectivity index is 0.000000921. The van der Waals surface area contributed by atoms with Crippen molar-refractivity contribution in [3.63, 3.8) is 0 Å². The summed E-state index contributed by atoms with van der Waals surface area (Å²) >= 11 is 0. The van der Waals surface area contributed by atoms with Gasteiger partial charge in [-0.05, 0) is 24.5 Å².